The van der Waals surface area contributed by atoms with E-state index < -0.39 is 15.8 Å². The van der Waals surface area contributed by atoms with Crippen LogP contribution in [0, 0.1) is 22.6 Å². The summed E-state index contributed by atoms with van der Waals surface area (Å²) in [6.45, 7) is 8.90. The number of benzene rings is 1. The fourth-order valence-corrected chi connectivity index (χ4v) is 4.09. The fourth-order valence-electron chi connectivity index (χ4n) is 2.99. The van der Waals surface area contributed by atoms with Crippen LogP contribution in [0.3, 0.4) is 0 Å². The molecule has 0 atom stereocenters. The first-order valence-corrected chi connectivity index (χ1v) is 8.50. The van der Waals surface area contributed by atoms with Gasteiger partial charge in [-0.05, 0) is 34.9 Å². The highest BCUT2D eigenvalue weighted by Gasteiger charge is 2.64. The van der Waals surface area contributed by atoms with Crippen molar-refractivity contribution in [2.75, 3.05) is 6.54 Å². The van der Waals surface area contributed by atoms with Crippen LogP contribution in [0.15, 0.2) is 23.1 Å². The van der Waals surface area contributed by atoms with Crippen molar-refractivity contribution in [2.45, 2.75) is 39.1 Å². The van der Waals surface area contributed by atoms with E-state index in [-0.39, 0.29) is 33.8 Å². The second-order valence-corrected chi connectivity index (χ2v) is 8.57. The third-order valence-corrected chi connectivity index (χ3v) is 6.77. The predicted molar refractivity (Wildman–Crippen MR) is 80.5 cm³/mol. The molecule has 1 aliphatic carbocycles. The van der Waals surface area contributed by atoms with Gasteiger partial charge in [-0.25, -0.2) is 17.5 Å². The molecule has 1 aromatic rings. The van der Waals surface area contributed by atoms with Crippen LogP contribution in [-0.4, -0.2) is 15.0 Å². The molecule has 1 aliphatic rings. The molecule has 0 heterocycles. The molecule has 2 rings (SSSR count). The van der Waals surface area contributed by atoms with Crippen molar-refractivity contribution in [1.82, 2.24) is 4.72 Å². The molecule has 0 aliphatic heterocycles. The quantitative estimate of drug-likeness (QED) is 0.875. The minimum atomic E-state index is -3.64. The van der Waals surface area contributed by atoms with Crippen molar-refractivity contribution in [3.8, 4) is 0 Å². The Morgan fingerprint density at radius 2 is 1.81 bits per heavy atom. The summed E-state index contributed by atoms with van der Waals surface area (Å²) in [5, 5.41) is 0. The van der Waals surface area contributed by atoms with Crippen LogP contribution in [0.25, 0.3) is 0 Å². The lowest BCUT2D eigenvalue weighted by molar-refractivity contribution is 0.457. The van der Waals surface area contributed by atoms with Crippen molar-refractivity contribution in [3.63, 3.8) is 0 Å². The number of nitrogens with one attached hydrogen (secondary N) is 1. The van der Waals surface area contributed by atoms with Crippen LogP contribution < -0.4 is 10.5 Å². The fraction of sp³-hybridized carbons (Fsp3) is 0.600. The van der Waals surface area contributed by atoms with E-state index in [9.17, 15) is 12.8 Å². The van der Waals surface area contributed by atoms with Crippen LogP contribution in [0.2, 0.25) is 0 Å². The van der Waals surface area contributed by atoms with Crippen molar-refractivity contribution in [2.24, 2.45) is 22.5 Å². The molecular weight excluding hydrogens is 291 g/mol. The van der Waals surface area contributed by atoms with Crippen molar-refractivity contribution < 1.29 is 12.8 Å². The largest absolute Gasteiger partial charge is 0.326 e. The van der Waals surface area contributed by atoms with E-state index >= 15 is 0 Å². The zero-order chi connectivity index (χ0) is 16.1. The number of rotatable bonds is 5. The molecule has 1 aromatic carbocycles. The van der Waals surface area contributed by atoms with Gasteiger partial charge < -0.3 is 5.73 Å². The van der Waals surface area contributed by atoms with Gasteiger partial charge in [0.05, 0.1) is 4.90 Å². The normalized spacial score (nSPS) is 20.5. The molecule has 1 saturated carbocycles. The van der Waals surface area contributed by atoms with Gasteiger partial charge in [-0.15, -0.1) is 0 Å². The SMILES string of the molecule is CC1(C)C(CNS(=O)(=O)c2ccc(F)c(CN)c2)C1(C)C. The zero-order valence-corrected chi connectivity index (χ0v) is 13.7. The molecule has 3 N–H and O–H groups in total. The first-order valence-electron chi connectivity index (χ1n) is 7.02. The van der Waals surface area contributed by atoms with E-state index in [1.54, 1.807) is 0 Å². The summed E-state index contributed by atoms with van der Waals surface area (Å²) in [4.78, 5) is 0.0561. The molecule has 6 heteroatoms. The maximum absolute atomic E-state index is 13.4. The first kappa shape index (κ1) is 16.4. The summed E-state index contributed by atoms with van der Waals surface area (Å²) < 4.78 is 40.6. The Hall–Kier alpha value is -0.980. The van der Waals surface area contributed by atoms with Gasteiger partial charge in [0, 0.05) is 18.7 Å². The Balaban J connectivity index is 2.13. The molecule has 0 radical (unpaired) electrons. The van der Waals surface area contributed by atoms with Crippen LogP contribution >= 0.6 is 0 Å². The van der Waals surface area contributed by atoms with Crippen LogP contribution in [0.1, 0.15) is 33.3 Å². The van der Waals surface area contributed by atoms with Gasteiger partial charge in [0.15, 0.2) is 0 Å². The molecule has 118 valence electrons. The maximum Gasteiger partial charge on any atom is 0.240 e. The highest BCUT2D eigenvalue weighted by molar-refractivity contribution is 7.89. The zero-order valence-electron chi connectivity index (χ0n) is 12.9. The summed E-state index contributed by atoms with van der Waals surface area (Å²) in [5.41, 5.74) is 5.83. The van der Waals surface area contributed by atoms with E-state index in [0.29, 0.717) is 6.54 Å². The maximum atomic E-state index is 13.4. The summed E-state index contributed by atoms with van der Waals surface area (Å²) in [5.74, 6) is -0.199. The Kier molecular flexibility index (Phi) is 3.93. The standard InChI is InChI=1S/C15H23FN2O2S/c1-14(2)13(15(14,3)4)9-18-21(19,20)11-5-6-12(16)10(7-11)8-17/h5-7,13,18H,8-9,17H2,1-4H3. The molecule has 0 unspecified atom stereocenters. The van der Waals surface area contributed by atoms with E-state index in [1.807, 2.05) is 0 Å². The van der Waals surface area contributed by atoms with Gasteiger partial charge >= 0.3 is 0 Å². The highest BCUT2D eigenvalue weighted by atomic mass is 32.2. The Labute approximate surface area is 126 Å². The topological polar surface area (TPSA) is 72.2 Å². The van der Waals surface area contributed by atoms with Gasteiger partial charge in [-0.3, -0.25) is 0 Å². The lowest BCUT2D eigenvalue weighted by Crippen LogP contribution is -2.27. The van der Waals surface area contributed by atoms with Gasteiger partial charge in [-0.1, -0.05) is 27.7 Å². The summed E-state index contributed by atoms with van der Waals surface area (Å²) in [7, 11) is -3.64. The molecular formula is C15H23FN2O2S. The average molecular weight is 314 g/mol. The first-order chi connectivity index (χ1) is 9.54. The molecule has 0 amide bonds. The van der Waals surface area contributed by atoms with Crippen LogP contribution in [-0.2, 0) is 16.6 Å². The minimum Gasteiger partial charge on any atom is -0.326 e. The lowest BCUT2D eigenvalue weighted by atomic mass is 10.0. The average Bonchev–Trinajstić information content (AvgIpc) is 2.77. The van der Waals surface area contributed by atoms with E-state index in [2.05, 4.69) is 32.4 Å². The number of hydrogen-bond donors (Lipinski definition) is 2. The van der Waals surface area contributed by atoms with Crippen LogP contribution in [0.4, 0.5) is 4.39 Å². The number of halogens is 1. The second-order valence-electron chi connectivity index (χ2n) is 6.81. The summed E-state index contributed by atoms with van der Waals surface area (Å²) >= 11 is 0. The monoisotopic (exact) mass is 314 g/mol. The van der Waals surface area contributed by atoms with Crippen molar-refractivity contribution in [3.05, 3.63) is 29.6 Å². The molecule has 0 aromatic heterocycles. The van der Waals surface area contributed by atoms with Crippen LogP contribution in [0.5, 0.6) is 0 Å². The smallest absolute Gasteiger partial charge is 0.240 e. The van der Waals surface area contributed by atoms with E-state index in [1.165, 1.54) is 12.1 Å². The lowest BCUT2D eigenvalue weighted by Gasteiger charge is -2.09. The van der Waals surface area contributed by atoms with E-state index in [4.69, 9.17) is 5.73 Å². The molecule has 0 saturated heterocycles. The molecule has 1 fully saturated rings. The minimum absolute atomic E-state index is 0.0299. The van der Waals surface area contributed by atoms with Gasteiger partial charge in [0.25, 0.3) is 0 Å². The third kappa shape index (κ3) is 2.72. The molecule has 4 nitrogen and oxygen atoms in total. The predicted octanol–water partition coefficient (Wildman–Crippen LogP) is 2.24. The molecule has 0 bridgehead atoms. The number of sulfonamides is 1. The Morgan fingerprint density at radius 3 is 2.29 bits per heavy atom. The Morgan fingerprint density at radius 1 is 1.24 bits per heavy atom. The summed E-state index contributed by atoms with van der Waals surface area (Å²) in [6, 6.07) is 3.70. The summed E-state index contributed by atoms with van der Waals surface area (Å²) in [6.07, 6.45) is 0. The van der Waals surface area contributed by atoms with Gasteiger partial charge in [0.2, 0.25) is 10.0 Å². The van der Waals surface area contributed by atoms with Crippen molar-refractivity contribution in [1.29, 1.82) is 0 Å². The highest BCUT2D eigenvalue weighted by Crippen LogP contribution is 2.67. The van der Waals surface area contributed by atoms with E-state index in [0.717, 1.165) is 6.07 Å². The Bertz CT molecular complexity index is 640. The number of hydrogen-bond acceptors (Lipinski definition) is 3. The number of nitrogens with two attached hydrogens (primary N) is 1. The van der Waals surface area contributed by atoms with Gasteiger partial charge in [-0.2, -0.15) is 0 Å². The molecule has 21 heavy (non-hydrogen) atoms. The second kappa shape index (κ2) is 5.04. The molecule has 0 spiro atoms. The van der Waals surface area contributed by atoms with Crippen molar-refractivity contribution >= 4 is 10.0 Å². The van der Waals surface area contributed by atoms with Gasteiger partial charge in [0.1, 0.15) is 5.82 Å². The third-order valence-electron chi connectivity index (χ3n) is 5.34.